The lowest BCUT2D eigenvalue weighted by atomic mass is 10.1. The third-order valence-corrected chi connectivity index (χ3v) is 3.73. The minimum Gasteiger partial charge on any atom is -0.289 e. The molecule has 0 atom stereocenters. The normalized spacial score (nSPS) is 11.1. The van der Waals surface area contributed by atoms with Crippen LogP contribution in [0.15, 0.2) is 41.3 Å². The van der Waals surface area contributed by atoms with E-state index in [1.54, 1.807) is 6.20 Å². The van der Waals surface area contributed by atoms with Crippen LogP contribution < -0.4 is 0 Å². The van der Waals surface area contributed by atoms with Gasteiger partial charge in [-0.05, 0) is 22.0 Å². The number of fused-ring (bicyclic) bond motifs is 1. The van der Waals surface area contributed by atoms with E-state index in [0.29, 0.717) is 21.5 Å². The molecule has 0 bridgehead atoms. The smallest absolute Gasteiger partial charge is 0.175 e. The van der Waals surface area contributed by atoms with Gasteiger partial charge >= 0.3 is 0 Å². The second-order valence-corrected chi connectivity index (χ2v) is 5.25. The third-order valence-electron chi connectivity index (χ3n) is 2.56. The van der Waals surface area contributed by atoms with Crippen LogP contribution in [0.3, 0.4) is 0 Å². The van der Waals surface area contributed by atoms with Crippen molar-refractivity contribution >= 4 is 44.8 Å². The SMILES string of the molecule is Clc1ccccc1-c1cn2c(Br)cnc2c(Cl)n1. The average molecular weight is 343 g/mol. The highest BCUT2D eigenvalue weighted by atomic mass is 79.9. The van der Waals surface area contributed by atoms with Crippen LogP contribution >= 0.6 is 39.1 Å². The molecule has 0 saturated heterocycles. The molecule has 0 radical (unpaired) electrons. The van der Waals surface area contributed by atoms with Crippen molar-refractivity contribution in [3.63, 3.8) is 0 Å². The quantitative estimate of drug-likeness (QED) is 0.653. The van der Waals surface area contributed by atoms with Crippen LogP contribution in [0.2, 0.25) is 10.2 Å². The van der Waals surface area contributed by atoms with Gasteiger partial charge in [-0.1, -0.05) is 41.4 Å². The molecule has 1 aromatic carbocycles. The summed E-state index contributed by atoms with van der Waals surface area (Å²) in [5.74, 6) is 0. The maximum atomic E-state index is 6.16. The number of hydrogen-bond donors (Lipinski definition) is 0. The first-order chi connectivity index (χ1) is 8.66. The van der Waals surface area contributed by atoms with E-state index < -0.39 is 0 Å². The largest absolute Gasteiger partial charge is 0.289 e. The molecule has 0 aliphatic carbocycles. The lowest BCUT2D eigenvalue weighted by molar-refractivity contribution is 1.11. The zero-order valence-corrected chi connectivity index (χ0v) is 12.0. The molecular formula is C12H6BrCl2N3. The molecule has 6 heteroatoms. The molecule has 3 nitrogen and oxygen atoms in total. The summed E-state index contributed by atoms with van der Waals surface area (Å²) in [7, 11) is 0. The van der Waals surface area contributed by atoms with E-state index in [2.05, 4.69) is 25.9 Å². The minimum absolute atomic E-state index is 0.345. The molecule has 2 aromatic heterocycles. The monoisotopic (exact) mass is 341 g/mol. The van der Waals surface area contributed by atoms with E-state index in [0.717, 1.165) is 10.2 Å². The number of rotatable bonds is 1. The van der Waals surface area contributed by atoms with Gasteiger partial charge in [0.25, 0.3) is 0 Å². The van der Waals surface area contributed by atoms with Crippen LogP contribution in [0.25, 0.3) is 16.9 Å². The lowest BCUT2D eigenvalue weighted by Gasteiger charge is -2.05. The fraction of sp³-hybridized carbons (Fsp3) is 0. The third kappa shape index (κ3) is 1.90. The van der Waals surface area contributed by atoms with Crippen LogP contribution in [0.5, 0.6) is 0 Å². The number of aromatic nitrogens is 3. The first-order valence-electron chi connectivity index (χ1n) is 5.11. The van der Waals surface area contributed by atoms with Crippen molar-refractivity contribution in [1.29, 1.82) is 0 Å². The molecule has 3 aromatic rings. The lowest BCUT2D eigenvalue weighted by Crippen LogP contribution is -1.93. The van der Waals surface area contributed by atoms with Gasteiger partial charge in [0.1, 0.15) is 4.60 Å². The summed E-state index contributed by atoms with van der Waals surface area (Å²) >= 11 is 15.7. The summed E-state index contributed by atoms with van der Waals surface area (Å²) in [5.41, 5.74) is 2.15. The van der Waals surface area contributed by atoms with Crippen molar-refractivity contribution in [3.05, 3.63) is 51.4 Å². The van der Waals surface area contributed by atoms with Crippen LogP contribution in [-0.2, 0) is 0 Å². The average Bonchev–Trinajstić information content (AvgIpc) is 2.72. The highest BCUT2D eigenvalue weighted by Crippen LogP contribution is 2.29. The summed E-state index contributed by atoms with van der Waals surface area (Å²) in [4.78, 5) is 8.49. The van der Waals surface area contributed by atoms with E-state index in [1.807, 2.05) is 34.9 Å². The fourth-order valence-corrected chi connectivity index (χ4v) is 2.56. The molecule has 0 fully saturated rings. The predicted octanol–water partition coefficient (Wildman–Crippen LogP) is 4.47. The zero-order chi connectivity index (χ0) is 12.7. The number of benzene rings is 1. The Balaban J connectivity index is 2.31. The molecule has 0 aliphatic rings. The Kier molecular flexibility index (Phi) is 3.01. The van der Waals surface area contributed by atoms with Crippen molar-refractivity contribution in [3.8, 4) is 11.3 Å². The first kappa shape index (κ1) is 12.0. The van der Waals surface area contributed by atoms with Crippen molar-refractivity contribution in [1.82, 2.24) is 14.4 Å². The Hall–Kier alpha value is -1.10. The highest BCUT2D eigenvalue weighted by Gasteiger charge is 2.11. The van der Waals surface area contributed by atoms with Crippen molar-refractivity contribution in [2.75, 3.05) is 0 Å². The van der Waals surface area contributed by atoms with Gasteiger partial charge in [-0.15, -0.1) is 0 Å². The summed E-state index contributed by atoms with van der Waals surface area (Å²) in [6.45, 7) is 0. The molecule has 0 saturated carbocycles. The van der Waals surface area contributed by atoms with Gasteiger partial charge in [-0.3, -0.25) is 4.40 Å². The van der Waals surface area contributed by atoms with E-state index in [9.17, 15) is 0 Å². The second kappa shape index (κ2) is 4.53. The second-order valence-electron chi connectivity index (χ2n) is 3.67. The molecule has 18 heavy (non-hydrogen) atoms. The number of imidazole rings is 1. The van der Waals surface area contributed by atoms with E-state index in [1.165, 1.54) is 0 Å². The van der Waals surface area contributed by atoms with Crippen molar-refractivity contribution in [2.45, 2.75) is 0 Å². The Labute approximate surface area is 122 Å². The number of nitrogens with zero attached hydrogens (tertiary/aromatic N) is 3. The van der Waals surface area contributed by atoms with Crippen LogP contribution in [0.4, 0.5) is 0 Å². The van der Waals surface area contributed by atoms with Crippen LogP contribution in [0.1, 0.15) is 0 Å². The van der Waals surface area contributed by atoms with Gasteiger partial charge in [0.05, 0.1) is 16.9 Å². The molecular weight excluding hydrogens is 337 g/mol. The standard InChI is InChI=1S/C12H6BrCl2N3/c13-10-5-16-12-11(15)17-9(6-18(10)12)7-3-1-2-4-8(7)14/h1-6H. The molecule has 0 N–H and O–H groups in total. The van der Waals surface area contributed by atoms with Crippen molar-refractivity contribution < 1.29 is 0 Å². The Morgan fingerprint density at radius 1 is 1.17 bits per heavy atom. The summed E-state index contributed by atoms with van der Waals surface area (Å²) < 4.78 is 2.64. The van der Waals surface area contributed by atoms with Crippen molar-refractivity contribution in [2.24, 2.45) is 0 Å². The van der Waals surface area contributed by atoms with E-state index >= 15 is 0 Å². The summed E-state index contributed by atoms with van der Waals surface area (Å²) in [6.07, 6.45) is 3.53. The highest BCUT2D eigenvalue weighted by molar-refractivity contribution is 9.10. The maximum Gasteiger partial charge on any atom is 0.175 e. The summed E-state index contributed by atoms with van der Waals surface area (Å²) in [5, 5.41) is 0.981. The molecule has 0 unspecified atom stereocenters. The molecule has 0 amide bonds. The Bertz CT molecular complexity index is 739. The Morgan fingerprint density at radius 3 is 2.72 bits per heavy atom. The van der Waals surface area contributed by atoms with Gasteiger partial charge in [0, 0.05) is 11.8 Å². The zero-order valence-electron chi connectivity index (χ0n) is 8.94. The first-order valence-corrected chi connectivity index (χ1v) is 6.66. The number of hydrogen-bond acceptors (Lipinski definition) is 2. The van der Waals surface area contributed by atoms with Gasteiger partial charge in [-0.25, -0.2) is 9.97 Å². The molecule has 0 spiro atoms. The fourth-order valence-electron chi connectivity index (χ4n) is 1.72. The van der Waals surface area contributed by atoms with Gasteiger partial charge in [-0.2, -0.15) is 0 Å². The van der Waals surface area contributed by atoms with E-state index in [4.69, 9.17) is 23.2 Å². The molecule has 90 valence electrons. The molecule has 0 aliphatic heterocycles. The topological polar surface area (TPSA) is 30.2 Å². The van der Waals surface area contributed by atoms with E-state index in [-0.39, 0.29) is 0 Å². The summed E-state index contributed by atoms with van der Waals surface area (Å²) in [6, 6.07) is 7.50. The van der Waals surface area contributed by atoms with Crippen LogP contribution in [0, 0.1) is 0 Å². The van der Waals surface area contributed by atoms with Crippen LogP contribution in [-0.4, -0.2) is 14.4 Å². The molecule has 2 heterocycles. The number of halogens is 3. The van der Waals surface area contributed by atoms with Gasteiger partial charge in [0.2, 0.25) is 0 Å². The van der Waals surface area contributed by atoms with Gasteiger partial charge < -0.3 is 0 Å². The maximum absolute atomic E-state index is 6.16. The minimum atomic E-state index is 0.345. The Morgan fingerprint density at radius 2 is 1.94 bits per heavy atom. The van der Waals surface area contributed by atoms with Gasteiger partial charge in [0.15, 0.2) is 10.8 Å². The predicted molar refractivity (Wildman–Crippen MR) is 76.1 cm³/mol. The molecule has 3 rings (SSSR count).